The van der Waals surface area contributed by atoms with Gasteiger partial charge < -0.3 is 0 Å². The van der Waals surface area contributed by atoms with Crippen LogP contribution in [0.3, 0.4) is 0 Å². The first kappa shape index (κ1) is 12.4. The summed E-state index contributed by atoms with van der Waals surface area (Å²) in [5, 5.41) is 0.152. The van der Waals surface area contributed by atoms with E-state index in [0.717, 1.165) is 0 Å². The summed E-state index contributed by atoms with van der Waals surface area (Å²) >= 11 is 2.50. The van der Waals surface area contributed by atoms with Crippen LogP contribution in [0.4, 0.5) is 0 Å². The Morgan fingerprint density at radius 1 is 1.00 bits per heavy atom. The normalized spacial score (nSPS) is 13.0. The maximum atomic E-state index is 2.92. The summed E-state index contributed by atoms with van der Waals surface area (Å²) in [4.78, 5) is 0. The summed E-state index contributed by atoms with van der Waals surface area (Å²) in [5.74, 6) is 0. The highest BCUT2D eigenvalue weighted by atomic mass is 127. The minimum atomic E-state index is 0.152. The lowest BCUT2D eigenvalue weighted by Gasteiger charge is -2.28. The second-order valence-corrected chi connectivity index (χ2v) is 8.88. The van der Waals surface area contributed by atoms with E-state index in [-0.39, 0.29) is 8.58 Å². The van der Waals surface area contributed by atoms with E-state index in [1.807, 2.05) is 0 Å². The molecule has 0 amide bonds. The molecule has 0 aromatic heterocycles. The second-order valence-electron chi connectivity index (χ2n) is 4.74. The van der Waals surface area contributed by atoms with Crippen molar-refractivity contribution in [1.82, 2.24) is 0 Å². The zero-order chi connectivity index (χ0) is 11.0. The van der Waals surface area contributed by atoms with Crippen molar-refractivity contribution in [2.24, 2.45) is 0 Å². The van der Waals surface area contributed by atoms with Crippen LogP contribution in [0.25, 0.3) is 0 Å². The summed E-state index contributed by atoms with van der Waals surface area (Å²) in [6.07, 6.45) is 0. The first-order valence-corrected chi connectivity index (χ1v) is 6.46. The Balaban J connectivity index is 3.31. The molecule has 14 heavy (non-hydrogen) atoms. The number of hydrogen-bond acceptors (Lipinski definition) is 0. The molecule has 1 aromatic rings. The van der Waals surface area contributed by atoms with Crippen molar-refractivity contribution in [2.45, 2.75) is 36.3 Å². The van der Waals surface area contributed by atoms with Crippen LogP contribution < -0.4 is 0 Å². The SMILES string of the molecule is CC(C)(P)c1ccccc1C(C)(C)I. The topological polar surface area (TPSA) is 0 Å². The first-order valence-electron chi connectivity index (χ1n) is 4.81. The number of benzene rings is 1. The van der Waals surface area contributed by atoms with Gasteiger partial charge in [-0.25, -0.2) is 0 Å². The zero-order valence-corrected chi connectivity index (χ0v) is 12.6. The molecule has 78 valence electrons. The molecule has 0 aliphatic heterocycles. The van der Waals surface area contributed by atoms with Crippen molar-refractivity contribution in [3.05, 3.63) is 35.4 Å². The minimum absolute atomic E-state index is 0.152. The Bertz CT molecular complexity index is 285. The molecule has 0 spiro atoms. The van der Waals surface area contributed by atoms with Gasteiger partial charge in [0.1, 0.15) is 0 Å². The number of halogens is 1. The standard InChI is InChI=1S/C12H18IP/c1-11(2,13)9-7-5-6-8-10(9)12(3,4)14/h5-8H,14H2,1-4H3. The van der Waals surface area contributed by atoms with Crippen molar-refractivity contribution in [1.29, 1.82) is 0 Å². The van der Waals surface area contributed by atoms with Crippen LogP contribution in [0.2, 0.25) is 0 Å². The molecule has 0 saturated heterocycles. The Morgan fingerprint density at radius 2 is 1.43 bits per heavy atom. The molecule has 1 atom stereocenters. The van der Waals surface area contributed by atoms with Gasteiger partial charge in [-0.3, -0.25) is 0 Å². The maximum absolute atomic E-state index is 2.92. The molecule has 1 unspecified atom stereocenters. The molecule has 1 aromatic carbocycles. The molecule has 0 fully saturated rings. The molecule has 0 heterocycles. The Morgan fingerprint density at radius 3 is 1.71 bits per heavy atom. The third-order valence-electron chi connectivity index (χ3n) is 2.26. The molecule has 0 N–H and O–H groups in total. The average Bonchev–Trinajstić information content (AvgIpc) is 2.01. The molecule has 0 aliphatic carbocycles. The Hall–Kier alpha value is 0.380. The van der Waals surface area contributed by atoms with Crippen molar-refractivity contribution in [3.8, 4) is 0 Å². The van der Waals surface area contributed by atoms with Gasteiger partial charge >= 0.3 is 0 Å². The van der Waals surface area contributed by atoms with Gasteiger partial charge in [0.2, 0.25) is 0 Å². The highest BCUT2D eigenvalue weighted by molar-refractivity contribution is 14.1. The number of alkyl halides is 1. The van der Waals surface area contributed by atoms with Crippen LogP contribution in [0.1, 0.15) is 38.8 Å². The average molecular weight is 320 g/mol. The van der Waals surface area contributed by atoms with Gasteiger partial charge in [-0.2, -0.15) is 0 Å². The summed E-state index contributed by atoms with van der Waals surface area (Å²) < 4.78 is 0.197. The largest absolute Gasteiger partial charge is 0.127 e. The quantitative estimate of drug-likeness (QED) is 0.428. The fourth-order valence-electron chi connectivity index (χ4n) is 1.56. The van der Waals surface area contributed by atoms with E-state index in [9.17, 15) is 0 Å². The number of rotatable bonds is 2. The second kappa shape index (κ2) is 4.09. The zero-order valence-electron chi connectivity index (χ0n) is 9.26. The third-order valence-corrected chi connectivity index (χ3v) is 3.15. The van der Waals surface area contributed by atoms with Crippen LogP contribution in [0, 0.1) is 0 Å². The monoisotopic (exact) mass is 320 g/mol. The third kappa shape index (κ3) is 2.93. The highest BCUT2D eigenvalue weighted by Crippen LogP contribution is 2.40. The Kier molecular flexibility index (Phi) is 3.64. The highest BCUT2D eigenvalue weighted by Gasteiger charge is 2.25. The molecule has 0 nitrogen and oxygen atoms in total. The molecule has 0 saturated carbocycles. The van der Waals surface area contributed by atoms with E-state index >= 15 is 0 Å². The van der Waals surface area contributed by atoms with Crippen LogP contribution in [-0.4, -0.2) is 0 Å². The molecular weight excluding hydrogens is 302 g/mol. The lowest BCUT2D eigenvalue weighted by atomic mass is 9.90. The number of hydrogen-bond donors (Lipinski definition) is 0. The fraction of sp³-hybridized carbons (Fsp3) is 0.500. The van der Waals surface area contributed by atoms with Gasteiger partial charge in [0, 0.05) is 8.58 Å². The lowest BCUT2D eigenvalue weighted by Crippen LogP contribution is -2.17. The van der Waals surface area contributed by atoms with Gasteiger partial charge in [-0.1, -0.05) is 60.7 Å². The lowest BCUT2D eigenvalue weighted by molar-refractivity contribution is 0.728. The van der Waals surface area contributed by atoms with Crippen LogP contribution in [-0.2, 0) is 8.58 Å². The molecule has 0 radical (unpaired) electrons. The minimum Gasteiger partial charge on any atom is -0.127 e. The molecule has 0 aliphatic rings. The van der Waals surface area contributed by atoms with Crippen molar-refractivity contribution < 1.29 is 0 Å². The first-order chi connectivity index (χ1) is 6.23. The van der Waals surface area contributed by atoms with Crippen molar-refractivity contribution in [3.63, 3.8) is 0 Å². The summed E-state index contributed by atoms with van der Waals surface area (Å²) in [5.41, 5.74) is 2.85. The van der Waals surface area contributed by atoms with Gasteiger partial charge in [0.05, 0.1) is 0 Å². The van der Waals surface area contributed by atoms with E-state index < -0.39 is 0 Å². The van der Waals surface area contributed by atoms with Crippen LogP contribution in [0.5, 0.6) is 0 Å². The van der Waals surface area contributed by atoms with E-state index in [1.165, 1.54) is 11.1 Å². The van der Waals surface area contributed by atoms with Crippen molar-refractivity contribution >= 4 is 31.8 Å². The molecule has 1 rings (SSSR count). The summed E-state index contributed by atoms with van der Waals surface area (Å²) in [6.45, 7) is 8.98. The summed E-state index contributed by atoms with van der Waals surface area (Å²) in [6, 6.07) is 8.69. The van der Waals surface area contributed by atoms with Crippen LogP contribution >= 0.6 is 31.8 Å². The molecule has 0 bridgehead atoms. The van der Waals surface area contributed by atoms with E-state index in [2.05, 4.69) is 83.8 Å². The molecule has 2 heteroatoms. The van der Waals surface area contributed by atoms with E-state index in [0.29, 0.717) is 0 Å². The van der Waals surface area contributed by atoms with Gasteiger partial charge in [0.25, 0.3) is 0 Å². The molecular formula is C12H18IP. The van der Waals surface area contributed by atoms with E-state index in [4.69, 9.17) is 0 Å². The van der Waals surface area contributed by atoms with Gasteiger partial charge in [0.15, 0.2) is 0 Å². The predicted molar refractivity (Wildman–Crippen MR) is 76.2 cm³/mol. The van der Waals surface area contributed by atoms with Crippen molar-refractivity contribution in [2.75, 3.05) is 0 Å². The smallest absolute Gasteiger partial charge is 0.0417 e. The van der Waals surface area contributed by atoms with Gasteiger partial charge in [-0.15, -0.1) is 9.24 Å². The summed E-state index contributed by atoms with van der Waals surface area (Å²) in [7, 11) is 2.92. The predicted octanol–water partition coefficient (Wildman–Crippen LogP) is 4.47. The fourth-order valence-corrected chi connectivity index (χ4v) is 2.29. The Labute approximate surface area is 103 Å². The van der Waals surface area contributed by atoms with Crippen LogP contribution in [0.15, 0.2) is 24.3 Å². The van der Waals surface area contributed by atoms with E-state index in [1.54, 1.807) is 0 Å². The van der Waals surface area contributed by atoms with Gasteiger partial charge in [-0.05, 0) is 25.0 Å². The maximum Gasteiger partial charge on any atom is 0.0417 e.